The van der Waals surface area contributed by atoms with E-state index in [4.69, 9.17) is 20.1 Å². The Balaban J connectivity index is 2.05. The van der Waals surface area contributed by atoms with Crippen molar-refractivity contribution in [1.82, 2.24) is 5.43 Å². The van der Waals surface area contributed by atoms with E-state index in [-0.39, 0.29) is 6.04 Å². The van der Waals surface area contributed by atoms with Gasteiger partial charge in [0.1, 0.15) is 11.5 Å². The maximum atomic E-state index is 5.70. The van der Waals surface area contributed by atoms with Gasteiger partial charge in [-0.15, -0.1) is 0 Å². The van der Waals surface area contributed by atoms with Gasteiger partial charge in [0.15, 0.2) is 0 Å². The number of benzene rings is 1. The first-order valence-corrected chi connectivity index (χ1v) is 7.07. The highest BCUT2D eigenvalue weighted by Gasteiger charge is 2.19. The summed E-state index contributed by atoms with van der Waals surface area (Å²) in [5, 5.41) is 0. The standard InChI is InChI=1S/C15H24N2O3/c1-18-13-8-11(9-14(10-13)19-2)15(17-16)6-5-12-4-3-7-20-12/h8-10,12,15,17H,3-7,16H2,1-2H3. The first kappa shape index (κ1) is 15.1. The van der Waals surface area contributed by atoms with Crippen molar-refractivity contribution in [3.63, 3.8) is 0 Å². The molecule has 2 atom stereocenters. The molecule has 1 aliphatic heterocycles. The summed E-state index contributed by atoms with van der Waals surface area (Å²) in [4.78, 5) is 0. The van der Waals surface area contributed by atoms with Gasteiger partial charge >= 0.3 is 0 Å². The van der Waals surface area contributed by atoms with Crippen molar-refractivity contribution in [1.29, 1.82) is 0 Å². The normalized spacial score (nSPS) is 19.9. The zero-order valence-corrected chi connectivity index (χ0v) is 12.2. The van der Waals surface area contributed by atoms with Crippen LogP contribution in [0.4, 0.5) is 0 Å². The molecular formula is C15H24N2O3. The molecule has 20 heavy (non-hydrogen) atoms. The van der Waals surface area contributed by atoms with E-state index in [2.05, 4.69) is 5.43 Å². The second-order valence-corrected chi connectivity index (χ2v) is 5.08. The lowest BCUT2D eigenvalue weighted by atomic mass is 9.99. The Morgan fingerprint density at radius 3 is 2.50 bits per heavy atom. The van der Waals surface area contributed by atoms with Gasteiger partial charge in [-0.25, -0.2) is 0 Å². The second kappa shape index (κ2) is 7.47. The zero-order valence-electron chi connectivity index (χ0n) is 12.2. The number of nitrogens with two attached hydrogens (primary N) is 1. The van der Waals surface area contributed by atoms with Crippen LogP contribution in [0, 0.1) is 0 Å². The summed E-state index contributed by atoms with van der Waals surface area (Å²) in [6.45, 7) is 0.887. The van der Waals surface area contributed by atoms with E-state index in [0.717, 1.165) is 42.9 Å². The van der Waals surface area contributed by atoms with Crippen LogP contribution in [0.5, 0.6) is 11.5 Å². The molecule has 3 N–H and O–H groups in total. The number of hydrogen-bond donors (Lipinski definition) is 2. The van der Waals surface area contributed by atoms with Crippen LogP contribution < -0.4 is 20.7 Å². The average molecular weight is 280 g/mol. The SMILES string of the molecule is COc1cc(OC)cc(C(CCC2CCCO2)NN)c1. The quantitative estimate of drug-likeness (QED) is 0.592. The summed E-state index contributed by atoms with van der Waals surface area (Å²) in [5.41, 5.74) is 3.95. The molecule has 0 aliphatic carbocycles. The molecule has 1 aromatic rings. The van der Waals surface area contributed by atoms with Gasteiger partial charge < -0.3 is 14.2 Å². The van der Waals surface area contributed by atoms with E-state index in [1.165, 1.54) is 6.42 Å². The molecule has 0 aromatic heterocycles. The Bertz CT molecular complexity index is 397. The van der Waals surface area contributed by atoms with Gasteiger partial charge in [-0.05, 0) is 43.4 Å². The summed E-state index contributed by atoms with van der Waals surface area (Å²) in [6, 6.07) is 5.91. The van der Waals surface area contributed by atoms with E-state index >= 15 is 0 Å². The molecule has 112 valence electrons. The summed E-state index contributed by atoms with van der Waals surface area (Å²) >= 11 is 0. The molecular weight excluding hydrogens is 256 g/mol. The average Bonchev–Trinajstić information content (AvgIpc) is 3.00. The molecule has 1 saturated heterocycles. The van der Waals surface area contributed by atoms with Gasteiger partial charge in [0.25, 0.3) is 0 Å². The Morgan fingerprint density at radius 2 is 2.00 bits per heavy atom. The molecule has 2 rings (SSSR count). The topological polar surface area (TPSA) is 65.7 Å². The Hall–Kier alpha value is -1.30. The van der Waals surface area contributed by atoms with E-state index in [0.29, 0.717) is 6.10 Å². The van der Waals surface area contributed by atoms with Crippen LogP contribution in [-0.4, -0.2) is 26.9 Å². The van der Waals surface area contributed by atoms with Gasteiger partial charge in [0, 0.05) is 18.7 Å². The van der Waals surface area contributed by atoms with Crippen LogP contribution in [0.3, 0.4) is 0 Å². The minimum atomic E-state index is 0.0724. The maximum absolute atomic E-state index is 5.70. The van der Waals surface area contributed by atoms with Crippen LogP contribution in [0.1, 0.15) is 37.3 Å². The third-order valence-corrected chi connectivity index (χ3v) is 3.78. The van der Waals surface area contributed by atoms with Crippen LogP contribution >= 0.6 is 0 Å². The molecule has 5 heteroatoms. The highest BCUT2D eigenvalue weighted by atomic mass is 16.5. The molecule has 2 unspecified atom stereocenters. The van der Waals surface area contributed by atoms with Crippen molar-refractivity contribution in [3.05, 3.63) is 23.8 Å². The van der Waals surface area contributed by atoms with E-state index in [9.17, 15) is 0 Å². The molecule has 0 bridgehead atoms. The zero-order chi connectivity index (χ0) is 14.4. The fraction of sp³-hybridized carbons (Fsp3) is 0.600. The number of rotatable bonds is 7. The molecule has 1 aromatic carbocycles. The second-order valence-electron chi connectivity index (χ2n) is 5.08. The first-order chi connectivity index (χ1) is 9.76. The fourth-order valence-corrected chi connectivity index (χ4v) is 2.60. The van der Waals surface area contributed by atoms with Gasteiger partial charge in [0.05, 0.1) is 20.3 Å². The van der Waals surface area contributed by atoms with Crippen LogP contribution in [0.25, 0.3) is 0 Å². The molecule has 0 saturated carbocycles. The highest BCUT2D eigenvalue weighted by molar-refractivity contribution is 5.39. The molecule has 1 aliphatic rings. The number of nitrogens with one attached hydrogen (secondary N) is 1. The predicted molar refractivity (Wildman–Crippen MR) is 77.8 cm³/mol. The van der Waals surface area contributed by atoms with Crippen LogP contribution in [0.15, 0.2) is 18.2 Å². The molecule has 5 nitrogen and oxygen atoms in total. The summed E-state index contributed by atoms with van der Waals surface area (Å²) in [6.07, 6.45) is 4.63. The molecule has 0 amide bonds. The van der Waals surface area contributed by atoms with Crippen LogP contribution in [0.2, 0.25) is 0 Å². The van der Waals surface area contributed by atoms with Crippen molar-refractivity contribution in [2.24, 2.45) is 5.84 Å². The molecule has 1 heterocycles. The van der Waals surface area contributed by atoms with Crippen molar-refractivity contribution >= 4 is 0 Å². The number of hydrogen-bond acceptors (Lipinski definition) is 5. The monoisotopic (exact) mass is 280 g/mol. The van der Waals surface area contributed by atoms with Crippen molar-refractivity contribution in [3.8, 4) is 11.5 Å². The van der Waals surface area contributed by atoms with Crippen molar-refractivity contribution < 1.29 is 14.2 Å². The predicted octanol–water partition coefficient (Wildman–Crippen LogP) is 2.17. The maximum Gasteiger partial charge on any atom is 0.122 e. The first-order valence-electron chi connectivity index (χ1n) is 7.07. The van der Waals surface area contributed by atoms with Crippen LogP contribution in [-0.2, 0) is 4.74 Å². The lowest BCUT2D eigenvalue weighted by Crippen LogP contribution is -2.28. The Labute approximate surface area is 120 Å². The third kappa shape index (κ3) is 3.85. The molecule has 0 radical (unpaired) electrons. The fourth-order valence-electron chi connectivity index (χ4n) is 2.60. The Kier molecular flexibility index (Phi) is 5.64. The molecule has 1 fully saturated rings. The lowest BCUT2D eigenvalue weighted by molar-refractivity contribution is 0.0996. The number of methoxy groups -OCH3 is 2. The minimum Gasteiger partial charge on any atom is -0.497 e. The van der Waals surface area contributed by atoms with E-state index in [1.807, 2.05) is 18.2 Å². The minimum absolute atomic E-state index is 0.0724. The largest absolute Gasteiger partial charge is 0.497 e. The van der Waals surface area contributed by atoms with E-state index in [1.54, 1.807) is 14.2 Å². The highest BCUT2D eigenvalue weighted by Crippen LogP contribution is 2.29. The Morgan fingerprint density at radius 1 is 1.30 bits per heavy atom. The summed E-state index contributed by atoms with van der Waals surface area (Å²) in [7, 11) is 3.30. The summed E-state index contributed by atoms with van der Waals surface area (Å²) in [5.74, 6) is 7.25. The van der Waals surface area contributed by atoms with Gasteiger partial charge in [-0.2, -0.15) is 0 Å². The number of hydrazine groups is 1. The lowest BCUT2D eigenvalue weighted by Gasteiger charge is -2.19. The smallest absolute Gasteiger partial charge is 0.122 e. The van der Waals surface area contributed by atoms with Gasteiger partial charge in [0.2, 0.25) is 0 Å². The van der Waals surface area contributed by atoms with Gasteiger partial charge in [-0.1, -0.05) is 0 Å². The van der Waals surface area contributed by atoms with Crippen molar-refractivity contribution in [2.45, 2.75) is 37.8 Å². The van der Waals surface area contributed by atoms with Gasteiger partial charge in [-0.3, -0.25) is 11.3 Å². The molecule has 0 spiro atoms. The van der Waals surface area contributed by atoms with Crippen molar-refractivity contribution in [2.75, 3.05) is 20.8 Å². The van der Waals surface area contributed by atoms with E-state index < -0.39 is 0 Å². The third-order valence-electron chi connectivity index (χ3n) is 3.78. The number of ether oxygens (including phenoxy) is 3. The summed E-state index contributed by atoms with van der Waals surface area (Å²) < 4.78 is 16.2.